The van der Waals surface area contributed by atoms with Gasteiger partial charge in [-0.05, 0) is 27.9 Å². The van der Waals surface area contributed by atoms with Gasteiger partial charge in [0.2, 0.25) is 10.0 Å². The van der Waals surface area contributed by atoms with Crippen molar-refractivity contribution in [2.45, 2.75) is 24.8 Å². The van der Waals surface area contributed by atoms with Gasteiger partial charge in [0.1, 0.15) is 15.8 Å². The van der Waals surface area contributed by atoms with Gasteiger partial charge in [-0.1, -0.05) is 13.8 Å². The molecule has 1 atom stereocenters. The lowest BCUT2D eigenvalue weighted by Crippen LogP contribution is -2.44. The molecule has 10 heteroatoms. The van der Waals surface area contributed by atoms with Crippen LogP contribution in [0.1, 0.15) is 23.5 Å². The predicted octanol–water partition coefficient (Wildman–Crippen LogP) is 1.68. The highest BCUT2D eigenvalue weighted by molar-refractivity contribution is 9.11. The molecule has 0 aliphatic rings. The van der Waals surface area contributed by atoms with E-state index in [0.717, 1.165) is 17.4 Å². The van der Waals surface area contributed by atoms with E-state index in [9.17, 15) is 18.0 Å². The van der Waals surface area contributed by atoms with Crippen molar-refractivity contribution in [2.24, 2.45) is 5.92 Å². The van der Waals surface area contributed by atoms with Gasteiger partial charge in [0.25, 0.3) is 0 Å². The molecule has 0 unspecified atom stereocenters. The zero-order valence-electron chi connectivity index (χ0n) is 11.4. The van der Waals surface area contributed by atoms with Crippen LogP contribution in [-0.4, -0.2) is 38.6 Å². The van der Waals surface area contributed by atoms with Crippen LogP contribution in [0.2, 0.25) is 0 Å². The minimum Gasteiger partial charge on any atom is -0.480 e. The maximum atomic E-state index is 12.2. The van der Waals surface area contributed by atoms with Crippen LogP contribution < -0.4 is 4.72 Å². The molecule has 0 bridgehead atoms. The molecule has 2 N–H and O–H groups in total. The Morgan fingerprint density at radius 3 is 2.43 bits per heavy atom. The molecule has 1 rings (SSSR count). The van der Waals surface area contributed by atoms with Crippen molar-refractivity contribution in [1.29, 1.82) is 0 Å². The van der Waals surface area contributed by atoms with Gasteiger partial charge in [0.05, 0.1) is 10.9 Å². The molecule has 1 aromatic heterocycles. The van der Waals surface area contributed by atoms with Gasteiger partial charge in [0.15, 0.2) is 0 Å². The van der Waals surface area contributed by atoms with Crippen LogP contribution in [0.25, 0.3) is 0 Å². The van der Waals surface area contributed by atoms with Gasteiger partial charge in [-0.15, -0.1) is 11.3 Å². The van der Waals surface area contributed by atoms with Gasteiger partial charge in [-0.2, -0.15) is 4.72 Å². The van der Waals surface area contributed by atoms with E-state index in [-0.39, 0.29) is 13.6 Å². The minimum atomic E-state index is -4.08. The molecule has 0 aliphatic heterocycles. The van der Waals surface area contributed by atoms with Gasteiger partial charge in [-0.25, -0.2) is 13.2 Å². The molecule has 0 amide bonds. The summed E-state index contributed by atoms with van der Waals surface area (Å²) in [6.45, 7) is 3.17. The lowest BCUT2D eigenvalue weighted by atomic mass is 10.1. The van der Waals surface area contributed by atoms with Crippen molar-refractivity contribution in [2.75, 3.05) is 7.11 Å². The van der Waals surface area contributed by atoms with Crippen LogP contribution >= 0.6 is 27.3 Å². The van der Waals surface area contributed by atoms with E-state index in [1.807, 2.05) is 0 Å². The number of carboxylic acids is 1. The number of sulfonamides is 1. The molecule has 21 heavy (non-hydrogen) atoms. The molecule has 0 saturated carbocycles. The quantitative estimate of drug-likeness (QED) is 0.704. The summed E-state index contributed by atoms with van der Waals surface area (Å²) in [6.07, 6.45) is 0. The third-order valence-electron chi connectivity index (χ3n) is 2.55. The number of hydrogen-bond donors (Lipinski definition) is 2. The second kappa shape index (κ2) is 6.86. The Kier molecular flexibility index (Phi) is 5.91. The van der Waals surface area contributed by atoms with Gasteiger partial charge >= 0.3 is 11.9 Å². The van der Waals surface area contributed by atoms with Crippen LogP contribution in [0.3, 0.4) is 0 Å². The summed E-state index contributed by atoms with van der Waals surface area (Å²) in [6, 6.07) is -0.120. The fraction of sp³-hybridized carbons (Fsp3) is 0.455. The van der Waals surface area contributed by atoms with Crippen molar-refractivity contribution >= 4 is 49.2 Å². The summed E-state index contributed by atoms with van der Waals surface area (Å²) in [5.74, 6) is -2.37. The van der Waals surface area contributed by atoms with Crippen molar-refractivity contribution in [3.8, 4) is 0 Å². The fourth-order valence-electron chi connectivity index (χ4n) is 1.44. The third-order valence-corrected chi connectivity index (χ3v) is 6.22. The van der Waals surface area contributed by atoms with E-state index in [2.05, 4.69) is 25.4 Å². The third kappa shape index (κ3) is 4.25. The summed E-state index contributed by atoms with van der Waals surface area (Å²) in [4.78, 5) is 22.4. The highest BCUT2D eigenvalue weighted by Crippen LogP contribution is 2.32. The molecule has 7 nitrogen and oxygen atoms in total. The molecule has 0 fully saturated rings. The summed E-state index contributed by atoms with van der Waals surface area (Å²) in [5.41, 5.74) is 0. The number of esters is 1. The SMILES string of the molecule is COC(=O)c1cc(S(=O)(=O)N[C@@H](C(=O)O)C(C)C)c(Br)s1. The molecule has 1 aromatic rings. The number of nitrogens with one attached hydrogen (secondary N) is 1. The molecule has 0 saturated heterocycles. The van der Waals surface area contributed by atoms with Gasteiger partial charge in [-0.3, -0.25) is 4.79 Å². The summed E-state index contributed by atoms with van der Waals surface area (Å²) < 4.78 is 31.3. The molecular weight excluding hydrogens is 386 g/mol. The van der Waals surface area contributed by atoms with Crippen LogP contribution in [0.15, 0.2) is 14.7 Å². The van der Waals surface area contributed by atoms with E-state index in [0.29, 0.717) is 0 Å². The molecule has 0 spiro atoms. The van der Waals surface area contributed by atoms with Crippen LogP contribution in [0, 0.1) is 5.92 Å². The normalized spacial score (nSPS) is 13.2. The summed E-state index contributed by atoms with van der Waals surface area (Å²) >= 11 is 3.95. The number of halogens is 1. The smallest absolute Gasteiger partial charge is 0.348 e. The van der Waals surface area contributed by atoms with Crippen molar-refractivity contribution in [3.05, 3.63) is 14.7 Å². The second-order valence-corrected chi connectivity index (χ2v) is 8.47. The monoisotopic (exact) mass is 399 g/mol. The molecule has 118 valence electrons. The summed E-state index contributed by atoms with van der Waals surface area (Å²) in [7, 11) is -2.89. The van der Waals surface area contributed by atoms with E-state index < -0.39 is 33.9 Å². The zero-order valence-corrected chi connectivity index (χ0v) is 14.6. The largest absolute Gasteiger partial charge is 0.480 e. The van der Waals surface area contributed by atoms with E-state index in [1.165, 1.54) is 7.11 Å². The lowest BCUT2D eigenvalue weighted by molar-refractivity contribution is -0.140. The van der Waals surface area contributed by atoms with E-state index in [4.69, 9.17) is 5.11 Å². The Morgan fingerprint density at radius 2 is 2.00 bits per heavy atom. The minimum absolute atomic E-state index is 0.0983. The van der Waals surface area contributed by atoms with Crippen LogP contribution in [-0.2, 0) is 19.6 Å². The number of rotatable bonds is 6. The van der Waals surface area contributed by atoms with Crippen molar-refractivity contribution < 1.29 is 27.9 Å². The average Bonchev–Trinajstić information content (AvgIpc) is 2.77. The first kappa shape index (κ1) is 18.1. The predicted molar refractivity (Wildman–Crippen MR) is 79.9 cm³/mol. The Hall–Kier alpha value is -0.970. The standard InChI is InChI=1S/C11H14BrNO6S2/c1-5(2)8(10(14)15)13-21(17,18)7-4-6(11(16)19-3)20-9(7)12/h4-5,8,13H,1-3H3,(H,14,15)/t8-/m1/s1. The highest BCUT2D eigenvalue weighted by atomic mass is 79.9. The second-order valence-electron chi connectivity index (χ2n) is 4.42. The first-order chi connectivity index (χ1) is 9.60. The molecule has 0 aromatic carbocycles. The maximum Gasteiger partial charge on any atom is 0.348 e. The number of ether oxygens (including phenoxy) is 1. The summed E-state index contributed by atoms with van der Waals surface area (Å²) in [5, 5.41) is 9.04. The topological polar surface area (TPSA) is 110 Å². The number of carbonyl (C=O) groups excluding carboxylic acids is 1. The first-order valence-electron chi connectivity index (χ1n) is 5.73. The lowest BCUT2D eigenvalue weighted by Gasteiger charge is -2.17. The Bertz CT molecular complexity index is 652. The fourth-order valence-corrected chi connectivity index (χ4v) is 5.26. The number of thiophene rings is 1. The first-order valence-corrected chi connectivity index (χ1v) is 8.82. The maximum absolute atomic E-state index is 12.2. The van der Waals surface area contributed by atoms with Gasteiger partial charge < -0.3 is 9.84 Å². The highest BCUT2D eigenvalue weighted by Gasteiger charge is 2.31. The average molecular weight is 400 g/mol. The molecule has 0 aliphatic carbocycles. The van der Waals surface area contributed by atoms with Crippen LogP contribution in [0.5, 0.6) is 0 Å². The number of hydrogen-bond acceptors (Lipinski definition) is 6. The van der Waals surface area contributed by atoms with Gasteiger partial charge in [0, 0.05) is 0 Å². The molecule has 0 radical (unpaired) electrons. The number of methoxy groups -OCH3 is 1. The van der Waals surface area contributed by atoms with E-state index >= 15 is 0 Å². The van der Waals surface area contributed by atoms with Crippen molar-refractivity contribution in [3.63, 3.8) is 0 Å². The Labute approximate surface area is 134 Å². The number of carboxylic acid groups (broad SMARTS) is 1. The Balaban J connectivity index is 3.16. The van der Waals surface area contributed by atoms with E-state index in [1.54, 1.807) is 13.8 Å². The van der Waals surface area contributed by atoms with Crippen LogP contribution in [0.4, 0.5) is 0 Å². The zero-order chi connectivity index (χ0) is 16.4. The number of carbonyl (C=O) groups is 2. The number of aliphatic carboxylic acids is 1. The molecule has 1 heterocycles. The molecular formula is C11H14BrNO6S2. The van der Waals surface area contributed by atoms with Crippen molar-refractivity contribution in [1.82, 2.24) is 4.72 Å². The Morgan fingerprint density at radius 1 is 1.43 bits per heavy atom.